The van der Waals surface area contributed by atoms with E-state index in [9.17, 15) is 19.8 Å². The Kier molecular flexibility index (Phi) is 63.9. The maximum absolute atomic E-state index is 12.4. The molecule has 0 aromatic rings. The molecule has 0 aromatic carbocycles. The van der Waals surface area contributed by atoms with E-state index in [0.717, 1.165) is 51.4 Å². The Bertz CT molecular complexity index is 1230. The summed E-state index contributed by atoms with van der Waals surface area (Å²) in [5, 5.41) is 23.1. The molecule has 76 heavy (non-hydrogen) atoms. The third kappa shape index (κ3) is 61.3. The summed E-state index contributed by atoms with van der Waals surface area (Å²) in [4.78, 5) is 24.5. The van der Waals surface area contributed by atoms with Crippen molar-refractivity contribution in [3.8, 4) is 0 Å². The molecule has 2 atom stereocenters. The first-order valence-electron chi connectivity index (χ1n) is 34.2. The minimum absolute atomic E-state index is 0.0130. The zero-order valence-corrected chi connectivity index (χ0v) is 51.3. The summed E-state index contributed by atoms with van der Waals surface area (Å²) in [5.41, 5.74) is 0. The number of rotatable bonds is 64. The largest absolute Gasteiger partial charge is 0.466 e. The van der Waals surface area contributed by atoms with Crippen LogP contribution in [0.25, 0.3) is 0 Å². The average molecular weight is 1070 g/mol. The van der Waals surface area contributed by atoms with Crippen molar-refractivity contribution in [3.05, 3.63) is 36.5 Å². The SMILES string of the molecule is CCCCCCCC/C=C\CCCCCCCCCCCC(=O)OCCCCCCCCCCC/C=C\C/C=C\CCCCCCCCCCCCCCCCCC(=O)NC(CO)C(O)CCCCCCCCCCC. The van der Waals surface area contributed by atoms with Crippen LogP contribution in [0, 0.1) is 0 Å². The van der Waals surface area contributed by atoms with E-state index >= 15 is 0 Å². The second-order valence-electron chi connectivity index (χ2n) is 23.5. The lowest BCUT2D eigenvalue weighted by atomic mass is 10.0. The van der Waals surface area contributed by atoms with Crippen LogP contribution < -0.4 is 5.32 Å². The summed E-state index contributed by atoms with van der Waals surface area (Å²) < 4.78 is 5.50. The number of nitrogens with one attached hydrogen (secondary N) is 1. The Balaban J connectivity index is 3.35. The van der Waals surface area contributed by atoms with E-state index in [1.807, 2.05) is 0 Å². The van der Waals surface area contributed by atoms with Crippen LogP contribution in [0.1, 0.15) is 373 Å². The van der Waals surface area contributed by atoms with Gasteiger partial charge in [0, 0.05) is 12.8 Å². The van der Waals surface area contributed by atoms with Gasteiger partial charge < -0.3 is 20.3 Å². The number of carbonyl (C=O) groups excluding carboxylic acids is 2. The molecule has 0 aliphatic heterocycles. The molecule has 6 heteroatoms. The lowest BCUT2D eigenvalue weighted by Crippen LogP contribution is -2.45. The Hall–Kier alpha value is -1.92. The van der Waals surface area contributed by atoms with Crippen molar-refractivity contribution in [1.29, 1.82) is 0 Å². The van der Waals surface area contributed by atoms with Crippen molar-refractivity contribution >= 4 is 11.9 Å². The molecule has 0 aromatic heterocycles. The van der Waals surface area contributed by atoms with Crippen LogP contribution in [-0.4, -0.2) is 47.4 Å². The van der Waals surface area contributed by atoms with Gasteiger partial charge >= 0.3 is 5.97 Å². The van der Waals surface area contributed by atoms with Gasteiger partial charge in [0.2, 0.25) is 5.91 Å². The highest BCUT2D eigenvalue weighted by Gasteiger charge is 2.20. The fourth-order valence-corrected chi connectivity index (χ4v) is 10.7. The van der Waals surface area contributed by atoms with Gasteiger partial charge in [-0.1, -0.05) is 314 Å². The van der Waals surface area contributed by atoms with E-state index in [0.29, 0.717) is 25.9 Å². The molecule has 0 saturated carbocycles. The Morgan fingerprint density at radius 2 is 0.658 bits per heavy atom. The van der Waals surface area contributed by atoms with Gasteiger partial charge in [0.1, 0.15) is 0 Å². The van der Waals surface area contributed by atoms with Crippen molar-refractivity contribution in [1.82, 2.24) is 5.32 Å². The molecular formula is C70H133NO5. The summed E-state index contributed by atoms with van der Waals surface area (Å²) in [7, 11) is 0. The molecule has 0 bridgehead atoms. The zero-order valence-electron chi connectivity index (χ0n) is 51.3. The van der Waals surface area contributed by atoms with Crippen molar-refractivity contribution in [2.45, 2.75) is 386 Å². The minimum Gasteiger partial charge on any atom is -0.466 e. The van der Waals surface area contributed by atoms with E-state index in [1.54, 1.807) is 0 Å². The number of aliphatic hydroxyl groups is 2. The Morgan fingerprint density at radius 3 is 1.01 bits per heavy atom. The number of carbonyl (C=O) groups is 2. The zero-order chi connectivity index (χ0) is 55.0. The monoisotopic (exact) mass is 1070 g/mol. The normalized spacial score (nSPS) is 12.7. The Morgan fingerprint density at radius 1 is 0.368 bits per heavy atom. The number of unbranched alkanes of at least 4 members (excludes halogenated alkanes) is 47. The van der Waals surface area contributed by atoms with Crippen molar-refractivity contribution in [2.75, 3.05) is 13.2 Å². The third-order valence-corrected chi connectivity index (χ3v) is 15.9. The van der Waals surface area contributed by atoms with Crippen LogP contribution in [0.3, 0.4) is 0 Å². The number of esters is 1. The van der Waals surface area contributed by atoms with Gasteiger partial charge in [-0.3, -0.25) is 9.59 Å². The lowest BCUT2D eigenvalue weighted by Gasteiger charge is -2.22. The van der Waals surface area contributed by atoms with Crippen LogP contribution in [0.5, 0.6) is 0 Å². The second kappa shape index (κ2) is 65.6. The van der Waals surface area contributed by atoms with Gasteiger partial charge in [-0.05, 0) is 83.5 Å². The van der Waals surface area contributed by atoms with Crippen molar-refractivity contribution in [2.24, 2.45) is 0 Å². The molecule has 0 rings (SSSR count). The van der Waals surface area contributed by atoms with Crippen LogP contribution in [0.15, 0.2) is 36.5 Å². The highest BCUT2D eigenvalue weighted by atomic mass is 16.5. The van der Waals surface area contributed by atoms with Gasteiger partial charge in [-0.15, -0.1) is 0 Å². The number of hydrogen-bond acceptors (Lipinski definition) is 5. The first-order chi connectivity index (χ1) is 37.5. The number of hydrogen-bond donors (Lipinski definition) is 3. The third-order valence-electron chi connectivity index (χ3n) is 15.9. The van der Waals surface area contributed by atoms with Gasteiger partial charge in [0.05, 0.1) is 25.4 Å². The quantitative estimate of drug-likeness (QED) is 0.0320. The topological polar surface area (TPSA) is 95.9 Å². The van der Waals surface area contributed by atoms with Crippen LogP contribution >= 0.6 is 0 Å². The molecule has 0 radical (unpaired) electrons. The van der Waals surface area contributed by atoms with E-state index in [-0.39, 0.29) is 18.5 Å². The van der Waals surface area contributed by atoms with E-state index in [2.05, 4.69) is 55.6 Å². The number of amides is 1. The minimum atomic E-state index is -0.661. The summed E-state index contributed by atoms with van der Waals surface area (Å²) in [6, 6.07) is -0.539. The number of allylic oxidation sites excluding steroid dienone is 6. The first kappa shape index (κ1) is 74.1. The fraction of sp³-hybridized carbons (Fsp3) is 0.886. The van der Waals surface area contributed by atoms with E-state index in [1.165, 1.54) is 289 Å². The molecule has 0 aliphatic rings. The van der Waals surface area contributed by atoms with Crippen LogP contribution in [0.2, 0.25) is 0 Å². The molecule has 0 saturated heterocycles. The predicted molar refractivity (Wildman–Crippen MR) is 333 cm³/mol. The molecule has 0 heterocycles. The molecule has 1 amide bonds. The molecule has 448 valence electrons. The molecule has 0 spiro atoms. The lowest BCUT2D eigenvalue weighted by molar-refractivity contribution is -0.143. The summed E-state index contributed by atoms with van der Waals surface area (Å²) in [6.45, 7) is 4.95. The smallest absolute Gasteiger partial charge is 0.305 e. The van der Waals surface area contributed by atoms with Crippen molar-refractivity contribution < 1.29 is 24.5 Å². The first-order valence-corrected chi connectivity index (χ1v) is 34.2. The highest BCUT2D eigenvalue weighted by molar-refractivity contribution is 5.76. The number of ether oxygens (including phenoxy) is 1. The molecular weight excluding hydrogens is 935 g/mol. The fourth-order valence-electron chi connectivity index (χ4n) is 10.7. The maximum Gasteiger partial charge on any atom is 0.305 e. The summed E-state index contributed by atoms with van der Waals surface area (Å²) >= 11 is 0. The van der Waals surface area contributed by atoms with E-state index < -0.39 is 12.1 Å². The van der Waals surface area contributed by atoms with Gasteiger partial charge in [0.15, 0.2) is 0 Å². The average Bonchev–Trinajstić information content (AvgIpc) is 3.42. The standard InChI is InChI=1S/C70H133NO5/c1-3-5-7-9-11-13-14-15-16-17-31-35-38-41-44-48-52-56-60-64-70(75)76-65-61-57-53-49-45-42-39-36-33-30-28-26-24-22-20-18-19-21-23-25-27-29-32-34-37-40-43-47-51-55-59-63-69(74)71-67(66-72)68(73)62-58-54-50-46-12-10-8-6-4-2/h15-16,20,22,26,28,67-68,72-73H,3-14,17-19,21,23-25,27,29-66H2,1-2H3,(H,71,74)/b16-15-,22-20-,28-26-. The molecule has 0 fully saturated rings. The Labute approximate surface area is 474 Å². The predicted octanol–water partition coefficient (Wildman–Crippen LogP) is 21.9. The molecule has 2 unspecified atom stereocenters. The summed E-state index contributed by atoms with van der Waals surface area (Å²) in [5.74, 6) is -0.0227. The van der Waals surface area contributed by atoms with Crippen LogP contribution in [-0.2, 0) is 14.3 Å². The number of aliphatic hydroxyl groups excluding tert-OH is 2. The maximum atomic E-state index is 12.4. The molecule has 0 aliphatic carbocycles. The highest BCUT2D eigenvalue weighted by Crippen LogP contribution is 2.18. The second-order valence-corrected chi connectivity index (χ2v) is 23.5. The summed E-state index contributed by atoms with van der Waals surface area (Å²) in [6.07, 6.45) is 83.5. The van der Waals surface area contributed by atoms with Gasteiger partial charge in [0.25, 0.3) is 0 Å². The van der Waals surface area contributed by atoms with Gasteiger partial charge in [-0.2, -0.15) is 0 Å². The van der Waals surface area contributed by atoms with Gasteiger partial charge in [-0.25, -0.2) is 0 Å². The van der Waals surface area contributed by atoms with Crippen LogP contribution in [0.4, 0.5) is 0 Å². The molecule has 6 nitrogen and oxygen atoms in total. The van der Waals surface area contributed by atoms with Crippen molar-refractivity contribution in [3.63, 3.8) is 0 Å². The van der Waals surface area contributed by atoms with E-state index in [4.69, 9.17) is 4.74 Å². The molecule has 3 N–H and O–H groups in total.